The third kappa shape index (κ3) is 2.05. The van der Waals surface area contributed by atoms with Gasteiger partial charge in [0.2, 0.25) is 0 Å². The number of sulfone groups is 1. The molecule has 1 N–H and O–H groups in total. The molecule has 1 saturated carbocycles. The first-order valence-corrected chi connectivity index (χ1v) is 8.16. The fraction of sp³-hybridized carbons (Fsp3) is 0.429. The average Bonchev–Trinajstić information content (AvgIpc) is 2.67. The smallest absolute Gasteiger partial charge is 0.175 e. The van der Waals surface area contributed by atoms with Gasteiger partial charge >= 0.3 is 0 Å². The minimum Gasteiger partial charge on any atom is -0.382 e. The average molecular weight is 263 g/mol. The summed E-state index contributed by atoms with van der Waals surface area (Å²) >= 11 is 0. The molecule has 3 unspecified atom stereocenters. The summed E-state index contributed by atoms with van der Waals surface area (Å²) in [5.74, 6) is 1.44. The van der Waals surface area contributed by atoms with Gasteiger partial charge in [0.1, 0.15) is 0 Å². The van der Waals surface area contributed by atoms with E-state index in [0.29, 0.717) is 16.9 Å². The number of anilines is 1. The van der Waals surface area contributed by atoms with Crippen molar-refractivity contribution < 1.29 is 8.42 Å². The van der Waals surface area contributed by atoms with Crippen LogP contribution < -0.4 is 5.32 Å². The van der Waals surface area contributed by atoms with Crippen molar-refractivity contribution in [2.75, 3.05) is 11.6 Å². The van der Waals surface area contributed by atoms with Crippen LogP contribution in [0.1, 0.15) is 12.8 Å². The van der Waals surface area contributed by atoms with E-state index in [9.17, 15) is 8.42 Å². The molecule has 0 heterocycles. The SMILES string of the molecule is CS(=O)(=O)c1cccc(NC2CC3CC=CC32)c1. The number of fused-ring (bicyclic) bond motifs is 1. The predicted octanol–water partition coefficient (Wildman–Crippen LogP) is 2.47. The van der Waals surface area contributed by atoms with Gasteiger partial charge < -0.3 is 5.32 Å². The number of rotatable bonds is 3. The van der Waals surface area contributed by atoms with Crippen LogP contribution in [0.4, 0.5) is 5.69 Å². The normalized spacial score (nSPS) is 29.7. The summed E-state index contributed by atoms with van der Waals surface area (Å²) in [4.78, 5) is 0.380. The quantitative estimate of drug-likeness (QED) is 0.852. The van der Waals surface area contributed by atoms with E-state index in [1.807, 2.05) is 6.07 Å². The molecule has 0 aliphatic heterocycles. The van der Waals surface area contributed by atoms with Gasteiger partial charge in [-0.15, -0.1) is 0 Å². The van der Waals surface area contributed by atoms with Gasteiger partial charge in [0.15, 0.2) is 9.84 Å². The highest BCUT2D eigenvalue weighted by molar-refractivity contribution is 7.90. The molecule has 0 aromatic heterocycles. The summed E-state index contributed by atoms with van der Waals surface area (Å²) in [6.45, 7) is 0. The summed E-state index contributed by atoms with van der Waals surface area (Å²) in [7, 11) is -3.12. The van der Waals surface area contributed by atoms with Crippen molar-refractivity contribution in [3.63, 3.8) is 0 Å². The highest BCUT2D eigenvalue weighted by Crippen LogP contribution is 2.44. The van der Waals surface area contributed by atoms with Gasteiger partial charge in [0.25, 0.3) is 0 Å². The maximum Gasteiger partial charge on any atom is 0.175 e. The Kier molecular flexibility index (Phi) is 2.70. The van der Waals surface area contributed by atoms with Crippen LogP contribution in [-0.2, 0) is 9.84 Å². The van der Waals surface area contributed by atoms with Crippen LogP contribution in [0.3, 0.4) is 0 Å². The lowest BCUT2D eigenvalue weighted by Gasteiger charge is -2.41. The summed E-state index contributed by atoms with van der Waals surface area (Å²) in [5.41, 5.74) is 0.904. The van der Waals surface area contributed by atoms with E-state index in [4.69, 9.17) is 0 Å². The maximum absolute atomic E-state index is 11.5. The van der Waals surface area contributed by atoms with E-state index in [1.54, 1.807) is 18.2 Å². The predicted molar refractivity (Wildman–Crippen MR) is 72.3 cm³/mol. The molecule has 0 saturated heterocycles. The fourth-order valence-electron chi connectivity index (χ4n) is 2.91. The van der Waals surface area contributed by atoms with Crippen molar-refractivity contribution in [2.45, 2.75) is 23.8 Å². The van der Waals surface area contributed by atoms with Crippen LogP contribution >= 0.6 is 0 Å². The Hall–Kier alpha value is -1.29. The van der Waals surface area contributed by atoms with Crippen molar-refractivity contribution in [1.29, 1.82) is 0 Å². The third-order valence-electron chi connectivity index (χ3n) is 3.98. The standard InChI is InChI=1S/C14H17NO2S/c1-18(16,17)12-6-3-5-11(9-12)15-14-8-10-4-2-7-13(10)14/h2-3,5-7,9-10,13-15H,4,8H2,1H3. The van der Waals surface area contributed by atoms with Crippen LogP contribution in [-0.4, -0.2) is 20.7 Å². The second kappa shape index (κ2) is 4.12. The first kappa shape index (κ1) is 11.8. The number of allylic oxidation sites excluding steroid dienone is 1. The lowest BCUT2D eigenvalue weighted by atomic mass is 9.71. The molecule has 1 fully saturated rings. The second-order valence-corrected chi connectivity index (χ2v) is 7.30. The lowest BCUT2D eigenvalue weighted by Crippen LogP contribution is -2.43. The fourth-order valence-corrected chi connectivity index (χ4v) is 3.58. The summed E-state index contributed by atoms with van der Waals surface area (Å²) in [6.07, 6.45) is 8.16. The molecule has 3 rings (SSSR count). The van der Waals surface area contributed by atoms with Crippen molar-refractivity contribution in [2.24, 2.45) is 11.8 Å². The molecule has 1 aromatic carbocycles. The van der Waals surface area contributed by atoms with Crippen LogP contribution in [0.5, 0.6) is 0 Å². The third-order valence-corrected chi connectivity index (χ3v) is 5.09. The molecule has 1 aromatic rings. The Morgan fingerprint density at radius 2 is 2.17 bits per heavy atom. The first-order chi connectivity index (χ1) is 8.54. The molecular weight excluding hydrogens is 246 g/mol. The highest BCUT2D eigenvalue weighted by Gasteiger charge is 2.40. The minimum absolute atomic E-state index is 0.380. The molecule has 0 amide bonds. The van der Waals surface area contributed by atoms with Gasteiger partial charge in [0.05, 0.1) is 4.90 Å². The van der Waals surface area contributed by atoms with Gasteiger partial charge in [0, 0.05) is 23.9 Å². The summed E-state index contributed by atoms with van der Waals surface area (Å²) in [6, 6.07) is 7.55. The van der Waals surface area contributed by atoms with Crippen molar-refractivity contribution in [3.8, 4) is 0 Å². The van der Waals surface area contributed by atoms with Gasteiger partial charge in [-0.2, -0.15) is 0 Å². The Morgan fingerprint density at radius 3 is 2.89 bits per heavy atom. The molecule has 0 radical (unpaired) electrons. The first-order valence-electron chi connectivity index (χ1n) is 6.27. The van der Waals surface area contributed by atoms with Gasteiger partial charge in [-0.1, -0.05) is 18.2 Å². The maximum atomic E-state index is 11.5. The van der Waals surface area contributed by atoms with Gasteiger partial charge in [-0.05, 0) is 37.0 Å². The molecule has 0 spiro atoms. The van der Waals surface area contributed by atoms with Gasteiger partial charge in [-0.3, -0.25) is 0 Å². The van der Waals surface area contributed by atoms with E-state index < -0.39 is 9.84 Å². The van der Waals surface area contributed by atoms with Crippen molar-refractivity contribution >= 4 is 15.5 Å². The molecule has 3 atom stereocenters. The molecule has 4 heteroatoms. The zero-order valence-electron chi connectivity index (χ0n) is 10.3. The minimum atomic E-state index is -3.12. The van der Waals surface area contributed by atoms with E-state index in [0.717, 1.165) is 11.6 Å². The number of hydrogen-bond donors (Lipinski definition) is 1. The van der Waals surface area contributed by atoms with E-state index in [1.165, 1.54) is 19.1 Å². The Morgan fingerprint density at radius 1 is 1.33 bits per heavy atom. The Labute approximate surface area is 108 Å². The molecule has 2 aliphatic rings. The van der Waals surface area contributed by atoms with Crippen molar-refractivity contribution in [3.05, 3.63) is 36.4 Å². The summed E-state index contributed by atoms with van der Waals surface area (Å²) in [5, 5.41) is 3.45. The Bertz CT molecular complexity index is 592. The Balaban J connectivity index is 1.76. The van der Waals surface area contributed by atoms with Crippen LogP contribution in [0, 0.1) is 11.8 Å². The largest absolute Gasteiger partial charge is 0.382 e. The summed E-state index contributed by atoms with van der Waals surface area (Å²) < 4.78 is 23.0. The molecule has 3 nitrogen and oxygen atoms in total. The van der Waals surface area contributed by atoms with Crippen LogP contribution in [0.2, 0.25) is 0 Å². The molecule has 96 valence electrons. The van der Waals surface area contributed by atoms with E-state index >= 15 is 0 Å². The molecule has 18 heavy (non-hydrogen) atoms. The molecule has 2 aliphatic carbocycles. The molecule has 0 bridgehead atoms. The van der Waals surface area contributed by atoms with Crippen LogP contribution in [0.15, 0.2) is 41.3 Å². The van der Waals surface area contributed by atoms with Crippen LogP contribution in [0.25, 0.3) is 0 Å². The monoisotopic (exact) mass is 263 g/mol. The number of benzene rings is 1. The second-order valence-electron chi connectivity index (χ2n) is 5.29. The molecular formula is C14H17NO2S. The van der Waals surface area contributed by atoms with E-state index in [2.05, 4.69) is 17.5 Å². The lowest BCUT2D eigenvalue weighted by molar-refractivity contribution is 0.218. The number of nitrogens with one attached hydrogen (secondary N) is 1. The zero-order chi connectivity index (χ0) is 12.8. The van der Waals surface area contributed by atoms with Gasteiger partial charge in [-0.25, -0.2) is 8.42 Å². The highest BCUT2D eigenvalue weighted by atomic mass is 32.2. The van der Waals surface area contributed by atoms with Crippen molar-refractivity contribution in [1.82, 2.24) is 0 Å². The van der Waals surface area contributed by atoms with E-state index in [-0.39, 0.29) is 0 Å². The topological polar surface area (TPSA) is 46.2 Å². The zero-order valence-corrected chi connectivity index (χ0v) is 11.2. The number of hydrogen-bond acceptors (Lipinski definition) is 3.